The number of nitrogens with zero attached hydrogens (tertiary/aromatic N) is 4. The summed E-state index contributed by atoms with van der Waals surface area (Å²) in [4.78, 5) is 8.86. The average molecular weight is 462 g/mol. The fraction of sp³-hybridized carbons (Fsp3) is 0.375. The number of hydrogen-bond acceptors (Lipinski definition) is 5. The van der Waals surface area contributed by atoms with Crippen molar-refractivity contribution >= 4 is 26.7 Å². The molecule has 1 aliphatic rings. The van der Waals surface area contributed by atoms with Crippen molar-refractivity contribution in [2.24, 2.45) is 5.92 Å². The normalized spacial score (nSPS) is 16.8. The number of halogens is 2. The lowest BCUT2D eigenvalue weighted by atomic mass is 9.52. The van der Waals surface area contributed by atoms with Gasteiger partial charge in [0.1, 0.15) is 21.5 Å². The van der Waals surface area contributed by atoms with Crippen molar-refractivity contribution in [1.82, 2.24) is 19.7 Å². The van der Waals surface area contributed by atoms with Crippen molar-refractivity contribution in [1.29, 1.82) is 0 Å². The van der Waals surface area contributed by atoms with Crippen LogP contribution in [-0.4, -0.2) is 46.4 Å². The minimum absolute atomic E-state index is 0.0513. The molecule has 4 heterocycles. The van der Waals surface area contributed by atoms with E-state index in [9.17, 15) is 13.9 Å². The van der Waals surface area contributed by atoms with Gasteiger partial charge in [0.2, 0.25) is 11.8 Å². The lowest BCUT2D eigenvalue weighted by Crippen LogP contribution is -2.45. The summed E-state index contributed by atoms with van der Waals surface area (Å²) in [7, 11) is 4.23. The van der Waals surface area contributed by atoms with E-state index in [1.54, 1.807) is 18.3 Å². The maximum atomic E-state index is 13.9. The van der Waals surface area contributed by atoms with E-state index in [0.29, 0.717) is 18.6 Å². The first-order chi connectivity index (χ1) is 16.1. The van der Waals surface area contributed by atoms with Crippen molar-refractivity contribution < 1.29 is 18.4 Å². The summed E-state index contributed by atoms with van der Waals surface area (Å²) in [6.45, 7) is 3.77. The second-order valence-electron chi connectivity index (χ2n) is 9.89. The Morgan fingerprint density at radius 1 is 1.12 bits per heavy atom. The van der Waals surface area contributed by atoms with Gasteiger partial charge in [-0.15, -0.1) is 0 Å². The molecule has 6 nitrogen and oxygen atoms in total. The van der Waals surface area contributed by atoms with Gasteiger partial charge in [-0.3, -0.25) is 4.98 Å². The van der Waals surface area contributed by atoms with Crippen molar-refractivity contribution in [3.63, 3.8) is 0 Å². The van der Waals surface area contributed by atoms with Crippen LogP contribution in [0.4, 0.5) is 8.78 Å². The molecular formula is C24H26B2F2N4O2. The Hall–Kier alpha value is -3.16. The molecule has 1 saturated carbocycles. The first-order valence-corrected chi connectivity index (χ1v) is 11.5. The molecule has 0 aliphatic heterocycles. The van der Waals surface area contributed by atoms with Crippen molar-refractivity contribution in [2.75, 3.05) is 0 Å². The molecule has 0 amide bonds. The molecule has 0 atom stereocenters. The van der Waals surface area contributed by atoms with Gasteiger partial charge in [-0.05, 0) is 50.1 Å². The van der Waals surface area contributed by atoms with Crippen LogP contribution in [0.25, 0.3) is 33.3 Å². The molecule has 0 aromatic carbocycles. The van der Waals surface area contributed by atoms with Gasteiger partial charge in [-0.25, -0.2) is 13.8 Å². The van der Waals surface area contributed by atoms with Crippen LogP contribution in [0.2, 0.25) is 0 Å². The van der Waals surface area contributed by atoms with Crippen molar-refractivity contribution in [3.05, 3.63) is 48.2 Å². The molecule has 0 bridgehead atoms. The Balaban J connectivity index is 1.69. The maximum absolute atomic E-state index is 13.9. The second-order valence-corrected chi connectivity index (χ2v) is 9.89. The zero-order valence-corrected chi connectivity index (χ0v) is 19.8. The minimum atomic E-state index is -2.58. The van der Waals surface area contributed by atoms with Gasteiger partial charge in [0, 0.05) is 59.8 Å². The number of aromatic hydroxyl groups is 1. The predicted octanol–water partition coefficient (Wildman–Crippen LogP) is 3.78. The molecular weight excluding hydrogens is 436 g/mol. The molecule has 5 rings (SSSR count). The summed E-state index contributed by atoms with van der Waals surface area (Å²) in [6.07, 6.45) is 6.22. The largest absolute Gasteiger partial charge is 0.493 e. The van der Waals surface area contributed by atoms with E-state index < -0.39 is 11.3 Å². The van der Waals surface area contributed by atoms with Crippen LogP contribution in [0.1, 0.15) is 37.1 Å². The van der Waals surface area contributed by atoms with Gasteiger partial charge in [-0.2, -0.15) is 0 Å². The van der Waals surface area contributed by atoms with Crippen LogP contribution in [-0.2, 0) is 5.34 Å². The summed E-state index contributed by atoms with van der Waals surface area (Å²) >= 11 is 0. The fourth-order valence-corrected chi connectivity index (χ4v) is 5.31. The highest BCUT2D eigenvalue weighted by Crippen LogP contribution is 2.43. The van der Waals surface area contributed by atoms with Crippen LogP contribution in [0.15, 0.2) is 41.3 Å². The van der Waals surface area contributed by atoms with Crippen LogP contribution in [0.5, 0.6) is 5.88 Å². The van der Waals surface area contributed by atoms with E-state index >= 15 is 0 Å². The molecule has 1 aliphatic carbocycles. The lowest BCUT2D eigenvalue weighted by Gasteiger charge is -2.41. The molecule has 1 fully saturated rings. The van der Waals surface area contributed by atoms with Crippen molar-refractivity contribution in [3.8, 4) is 28.1 Å². The number of rotatable bonds is 4. The standard InChI is InChI=1S/C24H26B2F2N4O2/c1-13-21(14(2)34-31-13)16-9-19-22(30-11-16)18(15-3-4-20(33)29-10-15)12-32(19)24(25,26)17-5-7-23(27,28)8-6-17/h3-4,9-12,17H,5-8,25-26H2,1-2H3,(H,29,33). The van der Waals surface area contributed by atoms with Crippen LogP contribution >= 0.6 is 0 Å². The van der Waals surface area contributed by atoms with E-state index in [2.05, 4.69) is 36.5 Å². The van der Waals surface area contributed by atoms with Crippen molar-refractivity contribution in [2.45, 2.75) is 50.8 Å². The number of fused-ring (bicyclic) bond motifs is 1. The Morgan fingerprint density at radius 2 is 1.82 bits per heavy atom. The van der Waals surface area contributed by atoms with Gasteiger partial charge >= 0.3 is 0 Å². The number of aryl methyl sites for hydroxylation is 2. The highest BCUT2D eigenvalue weighted by molar-refractivity contribution is 6.38. The lowest BCUT2D eigenvalue weighted by molar-refractivity contribution is -0.0498. The molecule has 174 valence electrons. The monoisotopic (exact) mass is 462 g/mol. The molecule has 4 aromatic rings. The number of pyridine rings is 2. The summed E-state index contributed by atoms with van der Waals surface area (Å²) in [5.41, 5.74) is 5.98. The molecule has 0 radical (unpaired) electrons. The SMILES string of the molecule is BC(B)(C1CCC(F)(F)CC1)n1cc(-c2ccc(O)nc2)c2ncc(-c3c(C)noc3C)cc21. The molecule has 4 aromatic heterocycles. The van der Waals surface area contributed by atoms with E-state index in [1.807, 2.05) is 26.2 Å². The topological polar surface area (TPSA) is 77.0 Å². The predicted molar refractivity (Wildman–Crippen MR) is 132 cm³/mol. The number of alkyl halides is 2. The molecule has 1 N–H and O–H groups in total. The zero-order valence-electron chi connectivity index (χ0n) is 19.8. The third-order valence-electron chi connectivity index (χ3n) is 7.36. The van der Waals surface area contributed by atoms with Crippen LogP contribution < -0.4 is 0 Å². The zero-order chi connectivity index (χ0) is 24.3. The molecule has 10 heteroatoms. The second kappa shape index (κ2) is 7.96. The highest BCUT2D eigenvalue weighted by Gasteiger charge is 2.41. The average Bonchev–Trinajstić information content (AvgIpc) is 3.33. The smallest absolute Gasteiger partial charge is 0.248 e. The van der Waals surface area contributed by atoms with Crippen LogP contribution in [0.3, 0.4) is 0 Å². The molecule has 0 spiro atoms. The first kappa shape index (κ1) is 22.6. The highest BCUT2D eigenvalue weighted by atomic mass is 19.3. The number of aromatic nitrogens is 4. The summed E-state index contributed by atoms with van der Waals surface area (Å²) in [6, 6.07) is 5.43. The quantitative estimate of drug-likeness (QED) is 0.468. The maximum Gasteiger partial charge on any atom is 0.248 e. The van der Waals surface area contributed by atoms with Gasteiger partial charge in [0.05, 0.1) is 16.7 Å². The first-order valence-electron chi connectivity index (χ1n) is 11.5. The minimum Gasteiger partial charge on any atom is -0.493 e. The summed E-state index contributed by atoms with van der Waals surface area (Å²) < 4.78 is 35.4. The van der Waals surface area contributed by atoms with E-state index in [0.717, 1.165) is 39.0 Å². The Labute approximate surface area is 198 Å². The molecule has 0 saturated heterocycles. The van der Waals surface area contributed by atoms with Crippen LogP contribution in [0, 0.1) is 19.8 Å². The molecule has 0 unspecified atom stereocenters. The summed E-state index contributed by atoms with van der Waals surface area (Å²) in [5, 5.41) is 13.3. The third kappa shape index (κ3) is 3.79. The van der Waals surface area contributed by atoms with Gasteiger partial charge in [-0.1, -0.05) is 5.16 Å². The van der Waals surface area contributed by atoms with E-state index in [4.69, 9.17) is 9.51 Å². The Kier molecular flexibility index (Phi) is 5.30. The summed E-state index contributed by atoms with van der Waals surface area (Å²) in [5.74, 6) is -1.82. The van der Waals surface area contributed by atoms with E-state index in [1.165, 1.54) is 0 Å². The Morgan fingerprint density at radius 3 is 2.44 bits per heavy atom. The van der Waals surface area contributed by atoms with Gasteiger partial charge in [0.25, 0.3) is 0 Å². The van der Waals surface area contributed by atoms with Gasteiger partial charge < -0.3 is 14.2 Å². The number of hydrogen-bond donors (Lipinski definition) is 1. The fourth-order valence-electron chi connectivity index (χ4n) is 5.31. The Bertz CT molecular complexity index is 1340. The third-order valence-corrected chi connectivity index (χ3v) is 7.36. The van der Waals surface area contributed by atoms with Gasteiger partial charge in [0.15, 0.2) is 0 Å². The van der Waals surface area contributed by atoms with E-state index in [-0.39, 0.29) is 24.6 Å². The molecule has 34 heavy (non-hydrogen) atoms.